The van der Waals surface area contributed by atoms with E-state index in [0.29, 0.717) is 32.1 Å². The number of carbonyl (C=O) groups is 3. The molecule has 1 saturated carbocycles. The Morgan fingerprint density at radius 2 is 1.41 bits per heavy atom. The molecule has 0 aromatic heterocycles. The van der Waals surface area contributed by atoms with Gasteiger partial charge >= 0.3 is 11.9 Å². The van der Waals surface area contributed by atoms with Crippen molar-refractivity contribution in [1.82, 2.24) is 0 Å². The van der Waals surface area contributed by atoms with Gasteiger partial charge < -0.3 is 24.8 Å². The van der Waals surface area contributed by atoms with Gasteiger partial charge in [0.1, 0.15) is 25.1 Å². The maximum atomic E-state index is 12.4. The second-order valence-electron chi connectivity index (χ2n) is 13.4. The minimum absolute atomic E-state index is 0.00161. The highest BCUT2D eigenvalue weighted by atomic mass is 16.6. The van der Waals surface area contributed by atoms with E-state index >= 15 is 0 Å². The zero-order chi connectivity index (χ0) is 34.0. The number of ether oxygens (including phenoxy) is 2. The zero-order valence-corrected chi connectivity index (χ0v) is 29.2. The van der Waals surface area contributed by atoms with Gasteiger partial charge in [-0.1, -0.05) is 122 Å². The molecule has 0 bridgehead atoms. The van der Waals surface area contributed by atoms with Crippen molar-refractivity contribution in [3.8, 4) is 0 Å². The van der Waals surface area contributed by atoms with Crippen LogP contribution in [0, 0.1) is 17.8 Å². The molecule has 0 saturated heterocycles. The molecule has 1 aliphatic rings. The van der Waals surface area contributed by atoms with Crippen LogP contribution in [0.15, 0.2) is 24.3 Å². The molecule has 6 atom stereocenters. The Kier molecular flexibility index (Phi) is 24.6. The van der Waals surface area contributed by atoms with E-state index in [1.807, 2.05) is 12.2 Å². The Morgan fingerprint density at radius 1 is 0.826 bits per heavy atom. The van der Waals surface area contributed by atoms with Crippen molar-refractivity contribution in [2.75, 3.05) is 13.2 Å². The second kappa shape index (κ2) is 27.0. The minimum Gasteiger partial charge on any atom is -0.463 e. The predicted octanol–water partition coefficient (Wildman–Crippen LogP) is 7.56. The van der Waals surface area contributed by atoms with Gasteiger partial charge in [0.2, 0.25) is 0 Å². The van der Waals surface area contributed by atoms with Crippen molar-refractivity contribution in [3.63, 3.8) is 0 Å². The van der Waals surface area contributed by atoms with Crippen molar-refractivity contribution in [2.24, 2.45) is 17.8 Å². The molecule has 0 heterocycles. The van der Waals surface area contributed by atoms with Gasteiger partial charge in [-0.25, -0.2) is 0 Å². The first-order chi connectivity index (χ1) is 22.2. The molecular formula is C38H66O8. The summed E-state index contributed by atoms with van der Waals surface area (Å²) in [6, 6.07) is 0. The maximum Gasteiger partial charge on any atom is 0.305 e. The van der Waals surface area contributed by atoms with E-state index in [9.17, 15) is 29.7 Å². The number of hydrogen-bond donors (Lipinski definition) is 3. The van der Waals surface area contributed by atoms with Gasteiger partial charge in [0, 0.05) is 31.1 Å². The van der Waals surface area contributed by atoms with Crippen molar-refractivity contribution in [1.29, 1.82) is 0 Å². The van der Waals surface area contributed by atoms with Gasteiger partial charge in [0.15, 0.2) is 0 Å². The Morgan fingerprint density at radius 3 is 2.04 bits per heavy atom. The van der Waals surface area contributed by atoms with E-state index in [-0.39, 0.29) is 43.7 Å². The van der Waals surface area contributed by atoms with Gasteiger partial charge in [-0.2, -0.15) is 0 Å². The summed E-state index contributed by atoms with van der Waals surface area (Å²) < 4.78 is 10.2. The standard InChI is InChI=1S/C38H66O8/c1-4-6-15-21-31(39)25-26-34-33(35(41)27-36(34)42)22-17-13-14-19-24-38(44)46-29-32(40)28-45-37(43)23-18-12-10-8-7-9-11-16-20-30(3)5-2/h13,17,25-26,30-35,39-41H,4-12,14-16,18-24,27-29H2,1-3H3/b17-13-,26-25+/t30?,31-,32+,33+,34+,35-/m0/s1. The molecule has 0 aliphatic heterocycles. The van der Waals surface area contributed by atoms with E-state index < -0.39 is 30.2 Å². The summed E-state index contributed by atoms with van der Waals surface area (Å²) >= 11 is 0. The number of aliphatic hydroxyl groups is 3. The summed E-state index contributed by atoms with van der Waals surface area (Å²) in [4.78, 5) is 36.4. The number of carbonyl (C=O) groups excluding carboxylic acids is 3. The fourth-order valence-electron chi connectivity index (χ4n) is 5.81. The van der Waals surface area contributed by atoms with Crippen LogP contribution in [-0.4, -0.2) is 64.6 Å². The molecule has 1 aliphatic carbocycles. The fraction of sp³-hybridized carbons (Fsp3) is 0.816. The van der Waals surface area contributed by atoms with Crippen LogP contribution >= 0.6 is 0 Å². The number of hydrogen-bond acceptors (Lipinski definition) is 8. The van der Waals surface area contributed by atoms with Gasteiger partial charge in [-0.05, 0) is 38.0 Å². The molecule has 0 radical (unpaired) electrons. The Bertz CT molecular complexity index is 869. The van der Waals surface area contributed by atoms with E-state index in [2.05, 4.69) is 20.8 Å². The molecule has 8 heteroatoms. The summed E-state index contributed by atoms with van der Waals surface area (Å²) in [5.74, 6) is -0.525. The smallest absolute Gasteiger partial charge is 0.305 e. The predicted molar refractivity (Wildman–Crippen MR) is 183 cm³/mol. The normalized spacial score (nSPS) is 20.4. The summed E-state index contributed by atoms with van der Waals surface area (Å²) in [6.07, 6.45) is 23.1. The van der Waals surface area contributed by atoms with Gasteiger partial charge in [-0.15, -0.1) is 0 Å². The lowest BCUT2D eigenvalue weighted by atomic mass is 9.90. The molecule has 1 fully saturated rings. The molecule has 0 amide bonds. The molecule has 1 unspecified atom stereocenters. The first kappa shape index (κ1) is 42.0. The van der Waals surface area contributed by atoms with Gasteiger partial charge in [-0.3, -0.25) is 14.4 Å². The topological polar surface area (TPSA) is 130 Å². The number of ketones is 1. The number of unbranched alkanes of at least 4 members (excludes halogenated alkanes) is 10. The highest BCUT2D eigenvalue weighted by Crippen LogP contribution is 2.33. The van der Waals surface area contributed by atoms with Crippen molar-refractivity contribution >= 4 is 17.7 Å². The second-order valence-corrected chi connectivity index (χ2v) is 13.4. The van der Waals surface area contributed by atoms with E-state index in [1.165, 1.54) is 44.9 Å². The summed E-state index contributed by atoms with van der Waals surface area (Å²) in [5.41, 5.74) is 0. The van der Waals surface area contributed by atoms with Crippen LogP contribution in [-0.2, 0) is 23.9 Å². The molecule has 0 spiro atoms. The fourth-order valence-corrected chi connectivity index (χ4v) is 5.81. The van der Waals surface area contributed by atoms with Crippen LogP contribution < -0.4 is 0 Å². The van der Waals surface area contributed by atoms with Crippen LogP contribution in [0.25, 0.3) is 0 Å². The molecule has 1 rings (SSSR count). The Labute approximate surface area is 279 Å². The number of Topliss-reactive ketones (excluding diaryl/α,β-unsaturated/α-hetero) is 1. The first-order valence-electron chi connectivity index (χ1n) is 18.4. The molecule has 8 nitrogen and oxygen atoms in total. The molecule has 3 N–H and O–H groups in total. The van der Waals surface area contributed by atoms with Crippen LogP contribution in [0.4, 0.5) is 0 Å². The van der Waals surface area contributed by atoms with E-state index in [1.54, 1.807) is 12.2 Å². The zero-order valence-electron chi connectivity index (χ0n) is 29.2. The van der Waals surface area contributed by atoms with Gasteiger partial charge in [0.05, 0.1) is 12.2 Å². The maximum absolute atomic E-state index is 12.4. The lowest BCUT2D eigenvalue weighted by molar-refractivity contribution is -0.152. The minimum atomic E-state index is -1.05. The number of allylic oxidation sites excluding steroid dienone is 3. The molecule has 0 aromatic rings. The Hall–Kier alpha value is -2.03. The number of aliphatic hydroxyl groups excluding tert-OH is 3. The molecule has 46 heavy (non-hydrogen) atoms. The average Bonchev–Trinajstić information content (AvgIpc) is 3.31. The number of esters is 2. The monoisotopic (exact) mass is 650 g/mol. The molecule has 0 aromatic carbocycles. The summed E-state index contributed by atoms with van der Waals surface area (Å²) in [6.45, 7) is 6.28. The quantitative estimate of drug-likeness (QED) is 0.0449. The van der Waals surface area contributed by atoms with Crippen molar-refractivity contribution in [2.45, 2.75) is 167 Å². The van der Waals surface area contributed by atoms with Crippen molar-refractivity contribution in [3.05, 3.63) is 24.3 Å². The van der Waals surface area contributed by atoms with Crippen LogP contribution in [0.3, 0.4) is 0 Å². The summed E-state index contributed by atoms with van der Waals surface area (Å²) in [7, 11) is 0. The lowest BCUT2D eigenvalue weighted by Crippen LogP contribution is -2.25. The van der Waals surface area contributed by atoms with Crippen LogP contribution in [0.1, 0.15) is 149 Å². The highest BCUT2D eigenvalue weighted by molar-refractivity contribution is 5.86. The summed E-state index contributed by atoms with van der Waals surface area (Å²) in [5, 5.41) is 30.5. The third-order valence-corrected chi connectivity index (χ3v) is 9.11. The average molecular weight is 651 g/mol. The molecular weight excluding hydrogens is 584 g/mol. The lowest BCUT2D eigenvalue weighted by Gasteiger charge is -2.17. The largest absolute Gasteiger partial charge is 0.463 e. The van der Waals surface area contributed by atoms with Crippen LogP contribution in [0.2, 0.25) is 0 Å². The van der Waals surface area contributed by atoms with E-state index in [0.717, 1.165) is 44.4 Å². The molecule has 266 valence electrons. The first-order valence-corrected chi connectivity index (χ1v) is 18.4. The van der Waals surface area contributed by atoms with Gasteiger partial charge in [0.25, 0.3) is 0 Å². The Balaban J connectivity index is 2.10. The number of rotatable bonds is 28. The SMILES string of the molecule is CCCCC[C@H](O)/C=C/[C@H]1C(=O)C[C@H](O)[C@@H]1C/C=C\CCCC(=O)OC[C@H](O)COC(=O)CCCCCCCCCCC(C)CC. The highest BCUT2D eigenvalue weighted by Gasteiger charge is 2.39. The van der Waals surface area contributed by atoms with Crippen molar-refractivity contribution < 1.29 is 39.2 Å². The van der Waals surface area contributed by atoms with Crippen LogP contribution in [0.5, 0.6) is 0 Å². The third kappa shape index (κ3) is 21.0. The third-order valence-electron chi connectivity index (χ3n) is 9.11. The van der Waals surface area contributed by atoms with E-state index in [4.69, 9.17) is 9.47 Å².